The third kappa shape index (κ3) is 2.16. The van der Waals surface area contributed by atoms with Crippen molar-refractivity contribution >= 4 is 0 Å². The third-order valence-electron chi connectivity index (χ3n) is 3.05. The van der Waals surface area contributed by atoms with Crippen LogP contribution in [0.25, 0.3) is 0 Å². The molecule has 1 atom stereocenters. The predicted molar refractivity (Wildman–Crippen MR) is 60.7 cm³/mol. The first-order valence-electron chi connectivity index (χ1n) is 5.69. The Balaban J connectivity index is 2.05. The SMILES string of the molecule is CCCc1ccc(C2CCNC2)cc1. The van der Waals surface area contributed by atoms with Crippen LogP contribution in [0.4, 0.5) is 0 Å². The number of nitrogens with one attached hydrogen (secondary N) is 1. The van der Waals surface area contributed by atoms with E-state index in [4.69, 9.17) is 0 Å². The van der Waals surface area contributed by atoms with Gasteiger partial charge in [-0.1, -0.05) is 37.6 Å². The zero-order valence-electron chi connectivity index (χ0n) is 8.92. The highest BCUT2D eigenvalue weighted by Gasteiger charge is 2.15. The molecule has 1 heteroatoms. The molecule has 1 heterocycles. The van der Waals surface area contributed by atoms with Gasteiger partial charge in [-0.2, -0.15) is 0 Å². The molecule has 0 saturated carbocycles. The Hall–Kier alpha value is -0.820. The van der Waals surface area contributed by atoms with E-state index in [1.807, 2.05) is 0 Å². The van der Waals surface area contributed by atoms with Crippen LogP contribution in [0.2, 0.25) is 0 Å². The lowest BCUT2D eigenvalue weighted by Crippen LogP contribution is -2.07. The minimum absolute atomic E-state index is 0.755. The molecule has 0 aromatic heterocycles. The fraction of sp³-hybridized carbons (Fsp3) is 0.538. The first-order valence-corrected chi connectivity index (χ1v) is 5.69. The highest BCUT2D eigenvalue weighted by Crippen LogP contribution is 2.22. The van der Waals surface area contributed by atoms with E-state index in [-0.39, 0.29) is 0 Å². The maximum Gasteiger partial charge on any atom is 0.00206 e. The number of hydrogen-bond donors (Lipinski definition) is 1. The van der Waals surface area contributed by atoms with Crippen molar-refractivity contribution in [2.45, 2.75) is 32.1 Å². The summed E-state index contributed by atoms with van der Waals surface area (Å²) in [7, 11) is 0. The maximum absolute atomic E-state index is 3.41. The van der Waals surface area contributed by atoms with Gasteiger partial charge in [0.2, 0.25) is 0 Å². The van der Waals surface area contributed by atoms with Crippen LogP contribution >= 0.6 is 0 Å². The second-order valence-corrected chi connectivity index (χ2v) is 4.18. The van der Waals surface area contributed by atoms with Crippen LogP contribution in [-0.4, -0.2) is 13.1 Å². The molecule has 1 aromatic rings. The Morgan fingerprint density at radius 1 is 1.29 bits per heavy atom. The van der Waals surface area contributed by atoms with E-state index in [1.54, 1.807) is 0 Å². The summed E-state index contributed by atoms with van der Waals surface area (Å²) in [4.78, 5) is 0. The van der Waals surface area contributed by atoms with Crippen molar-refractivity contribution in [1.29, 1.82) is 0 Å². The summed E-state index contributed by atoms with van der Waals surface area (Å²) in [6, 6.07) is 9.19. The molecule has 1 aliphatic heterocycles. The van der Waals surface area contributed by atoms with E-state index in [1.165, 1.54) is 36.9 Å². The van der Waals surface area contributed by atoms with Crippen LogP contribution in [-0.2, 0) is 6.42 Å². The molecule has 0 bridgehead atoms. The van der Waals surface area contributed by atoms with E-state index in [0.29, 0.717) is 0 Å². The smallest absolute Gasteiger partial charge is 0.00206 e. The second-order valence-electron chi connectivity index (χ2n) is 4.18. The first-order chi connectivity index (χ1) is 6.90. The van der Waals surface area contributed by atoms with Crippen molar-refractivity contribution in [3.63, 3.8) is 0 Å². The van der Waals surface area contributed by atoms with E-state index in [2.05, 4.69) is 36.5 Å². The lowest BCUT2D eigenvalue weighted by molar-refractivity contribution is 0.762. The van der Waals surface area contributed by atoms with Crippen LogP contribution in [0.5, 0.6) is 0 Å². The monoisotopic (exact) mass is 189 g/mol. The van der Waals surface area contributed by atoms with E-state index < -0.39 is 0 Å². The molecule has 1 N–H and O–H groups in total. The van der Waals surface area contributed by atoms with Crippen molar-refractivity contribution < 1.29 is 0 Å². The Morgan fingerprint density at radius 3 is 2.64 bits per heavy atom. The Bertz CT molecular complexity index is 270. The van der Waals surface area contributed by atoms with Gasteiger partial charge in [-0.15, -0.1) is 0 Å². The standard InChI is InChI=1S/C13H19N/c1-2-3-11-4-6-12(7-5-11)13-8-9-14-10-13/h4-7,13-14H,2-3,8-10H2,1H3. The Labute approximate surface area is 86.5 Å². The number of hydrogen-bond acceptors (Lipinski definition) is 1. The van der Waals surface area contributed by atoms with Gasteiger partial charge in [0.05, 0.1) is 0 Å². The number of benzene rings is 1. The molecule has 1 saturated heterocycles. The summed E-state index contributed by atoms with van der Waals surface area (Å²) < 4.78 is 0. The number of rotatable bonds is 3. The zero-order chi connectivity index (χ0) is 9.80. The third-order valence-corrected chi connectivity index (χ3v) is 3.05. The lowest BCUT2D eigenvalue weighted by atomic mass is 9.96. The molecule has 0 radical (unpaired) electrons. The summed E-state index contributed by atoms with van der Waals surface area (Å²) in [6.07, 6.45) is 3.75. The molecular weight excluding hydrogens is 170 g/mol. The minimum atomic E-state index is 0.755. The van der Waals surface area contributed by atoms with Crippen molar-refractivity contribution in [3.05, 3.63) is 35.4 Å². The fourth-order valence-corrected chi connectivity index (χ4v) is 2.18. The Kier molecular flexibility index (Phi) is 3.20. The highest BCUT2D eigenvalue weighted by molar-refractivity contribution is 5.26. The average molecular weight is 189 g/mol. The van der Waals surface area contributed by atoms with Crippen LogP contribution in [0, 0.1) is 0 Å². The topological polar surface area (TPSA) is 12.0 Å². The van der Waals surface area contributed by atoms with Gasteiger partial charge in [0.15, 0.2) is 0 Å². The summed E-state index contributed by atoms with van der Waals surface area (Å²) in [5.74, 6) is 0.755. The maximum atomic E-state index is 3.41. The summed E-state index contributed by atoms with van der Waals surface area (Å²) >= 11 is 0. The summed E-state index contributed by atoms with van der Waals surface area (Å²) in [5.41, 5.74) is 2.98. The minimum Gasteiger partial charge on any atom is -0.316 e. The molecule has 0 amide bonds. The summed E-state index contributed by atoms with van der Waals surface area (Å²) in [6.45, 7) is 4.57. The zero-order valence-corrected chi connectivity index (χ0v) is 8.92. The van der Waals surface area contributed by atoms with Gasteiger partial charge < -0.3 is 5.32 Å². The molecule has 1 aromatic carbocycles. The lowest BCUT2D eigenvalue weighted by Gasteiger charge is -2.09. The van der Waals surface area contributed by atoms with Crippen molar-refractivity contribution in [3.8, 4) is 0 Å². The Morgan fingerprint density at radius 2 is 2.07 bits per heavy atom. The van der Waals surface area contributed by atoms with Crippen molar-refractivity contribution in [2.75, 3.05) is 13.1 Å². The van der Waals surface area contributed by atoms with Gasteiger partial charge in [0, 0.05) is 6.54 Å². The molecule has 0 aliphatic carbocycles. The van der Waals surface area contributed by atoms with Gasteiger partial charge in [-0.3, -0.25) is 0 Å². The van der Waals surface area contributed by atoms with Crippen LogP contribution in [0.1, 0.15) is 36.8 Å². The van der Waals surface area contributed by atoms with Crippen LogP contribution < -0.4 is 5.32 Å². The summed E-state index contributed by atoms with van der Waals surface area (Å²) in [5, 5.41) is 3.41. The molecule has 1 fully saturated rings. The largest absolute Gasteiger partial charge is 0.316 e. The van der Waals surface area contributed by atoms with Crippen molar-refractivity contribution in [2.24, 2.45) is 0 Å². The normalized spacial score (nSPS) is 21.4. The van der Waals surface area contributed by atoms with Gasteiger partial charge in [0.1, 0.15) is 0 Å². The first kappa shape index (κ1) is 9.72. The van der Waals surface area contributed by atoms with Crippen LogP contribution in [0.3, 0.4) is 0 Å². The molecule has 1 unspecified atom stereocenters. The van der Waals surface area contributed by atoms with E-state index in [9.17, 15) is 0 Å². The molecule has 0 spiro atoms. The van der Waals surface area contributed by atoms with Gasteiger partial charge >= 0.3 is 0 Å². The molecule has 1 aliphatic rings. The number of aryl methyl sites for hydroxylation is 1. The average Bonchev–Trinajstić information content (AvgIpc) is 2.72. The molecule has 76 valence electrons. The quantitative estimate of drug-likeness (QED) is 0.771. The predicted octanol–water partition coefficient (Wildman–Crippen LogP) is 2.72. The van der Waals surface area contributed by atoms with Crippen molar-refractivity contribution in [1.82, 2.24) is 5.32 Å². The van der Waals surface area contributed by atoms with Gasteiger partial charge in [-0.05, 0) is 36.4 Å². The fourth-order valence-electron chi connectivity index (χ4n) is 2.18. The molecule has 2 rings (SSSR count). The second kappa shape index (κ2) is 4.61. The highest BCUT2D eigenvalue weighted by atomic mass is 14.9. The van der Waals surface area contributed by atoms with E-state index >= 15 is 0 Å². The van der Waals surface area contributed by atoms with Crippen LogP contribution in [0.15, 0.2) is 24.3 Å². The van der Waals surface area contributed by atoms with Gasteiger partial charge in [-0.25, -0.2) is 0 Å². The van der Waals surface area contributed by atoms with E-state index in [0.717, 1.165) is 12.5 Å². The molecular formula is C13H19N. The van der Waals surface area contributed by atoms with Gasteiger partial charge in [0.25, 0.3) is 0 Å². The molecule has 14 heavy (non-hydrogen) atoms. The molecule has 1 nitrogen and oxygen atoms in total.